The molecule has 7 nitrogen and oxygen atoms in total. The fourth-order valence-electron chi connectivity index (χ4n) is 6.13. The van der Waals surface area contributed by atoms with Gasteiger partial charge in [-0.25, -0.2) is 14.5 Å². The van der Waals surface area contributed by atoms with E-state index < -0.39 is 0 Å². The first-order valence-corrected chi connectivity index (χ1v) is 16.7. The van der Waals surface area contributed by atoms with Crippen LogP contribution in [0.1, 0.15) is 54.4 Å². The molecule has 2 aromatic carbocycles. The Balaban J connectivity index is 1.21. The van der Waals surface area contributed by atoms with E-state index in [1.54, 1.807) is 17.0 Å². The van der Waals surface area contributed by atoms with Gasteiger partial charge in [-0.15, -0.1) is 11.3 Å². The van der Waals surface area contributed by atoms with Crippen molar-refractivity contribution in [3.8, 4) is 16.3 Å². The molecule has 1 unspecified atom stereocenters. The third kappa shape index (κ3) is 5.61. The van der Waals surface area contributed by atoms with Crippen molar-refractivity contribution in [2.24, 2.45) is 0 Å². The Morgan fingerprint density at radius 2 is 1.74 bits per heavy atom. The van der Waals surface area contributed by atoms with E-state index in [0.29, 0.717) is 33.5 Å². The molecule has 42 heavy (non-hydrogen) atoms. The summed E-state index contributed by atoms with van der Waals surface area (Å²) >= 11 is 3.44. The smallest absolute Gasteiger partial charge is 0.266 e. The first kappa shape index (κ1) is 27.3. The predicted molar refractivity (Wildman–Crippen MR) is 174 cm³/mol. The Hall–Kier alpha value is -3.53. The molecule has 7 rings (SSSR count). The van der Waals surface area contributed by atoms with Crippen molar-refractivity contribution < 1.29 is 0 Å². The monoisotopic (exact) mass is 594 g/mol. The number of nitrogens with zero attached hydrogens (tertiary/aromatic N) is 5. The molecule has 214 valence electrons. The molecular formula is C33H34N6OS2. The molecule has 2 fully saturated rings. The number of likely N-dealkylation sites (N-methyl/N-ethyl adjacent to an activating group) is 1. The summed E-state index contributed by atoms with van der Waals surface area (Å²) in [6.07, 6.45) is 9.95. The second-order valence-corrected chi connectivity index (χ2v) is 13.5. The van der Waals surface area contributed by atoms with Gasteiger partial charge in [-0.1, -0.05) is 55.7 Å². The maximum absolute atomic E-state index is 14.0. The van der Waals surface area contributed by atoms with E-state index in [4.69, 9.17) is 4.98 Å². The van der Waals surface area contributed by atoms with Gasteiger partial charge in [-0.2, -0.15) is 16.7 Å². The minimum absolute atomic E-state index is 0.133. The van der Waals surface area contributed by atoms with Crippen molar-refractivity contribution in [2.45, 2.75) is 43.3 Å². The maximum Gasteiger partial charge on any atom is 0.266 e. The van der Waals surface area contributed by atoms with Crippen LogP contribution in [0.4, 0.5) is 11.6 Å². The highest BCUT2D eigenvalue weighted by atomic mass is 32.2. The van der Waals surface area contributed by atoms with E-state index in [1.165, 1.54) is 54.6 Å². The summed E-state index contributed by atoms with van der Waals surface area (Å²) < 4.78 is 1.62. The number of thioether (sulfide) groups is 1. The highest BCUT2D eigenvalue weighted by Gasteiger charge is 2.20. The molecule has 1 aliphatic heterocycles. The van der Waals surface area contributed by atoms with Crippen LogP contribution in [-0.2, 0) is 0 Å². The number of rotatable bonds is 6. The Morgan fingerprint density at radius 3 is 2.48 bits per heavy atom. The van der Waals surface area contributed by atoms with Crippen LogP contribution in [-0.4, -0.2) is 50.3 Å². The number of thiazole rings is 1. The Labute approximate surface area is 254 Å². The molecule has 0 bridgehead atoms. The minimum Gasteiger partial charge on any atom is -0.324 e. The van der Waals surface area contributed by atoms with Crippen LogP contribution in [0.5, 0.6) is 0 Å². The van der Waals surface area contributed by atoms with E-state index in [9.17, 15) is 4.79 Å². The summed E-state index contributed by atoms with van der Waals surface area (Å²) in [5.41, 5.74) is 5.53. The van der Waals surface area contributed by atoms with E-state index in [0.717, 1.165) is 35.5 Å². The highest BCUT2D eigenvalue weighted by Crippen LogP contribution is 2.35. The zero-order chi connectivity index (χ0) is 28.5. The van der Waals surface area contributed by atoms with E-state index >= 15 is 0 Å². The molecule has 1 saturated heterocycles. The molecule has 1 saturated carbocycles. The number of hydrogen-bond donors (Lipinski definition) is 1. The number of benzene rings is 2. The summed E-state index contributed by atoms with van der Waals surface area (Å²) in [6.45, 7) is 2.20. The molecule has 1 N–H and O–H groups in total. The maximum atomic E-state index is 14.0. The van der Waals surface area contributed by atoms with Gasteiger partial charge in [0.05, 0.1) is 0 Å². The van der Waals surface area contributed by atoms with E-state index in [2.05, 4.69) is 75.8 Å². The summed E-state index contributed by atoms with van der Waals surface area (Å²) in [4.78, 5) is 30.3. The molecule has 0 radical (unpaired) electrons. The van der Waals surface area contributed by atoms with Crippen LogP contribution in [0.2, 0.25) is 0 Å². The van der Waals surface area contributed by atoms with Crippen LogP contribution in [0, 0.1) is 0 Å². The van der Waals surface area contributed by atoms with Crippen LogP contribution in [0.15, 0.2) is 77.2 Å². The molecule has 5 aromatic rings. The van der Waals surface area contributed by atoms with Gasteiger partial charge in [0.25, 0.3) is 5.56 Å². The van der Waals surface area contributed by atoms with Gasteiger partial charge < -0.3 is 10.2 Å². The first-order valence-electron chi connectivity index (χ1n) is 14.7. The van der Waals surface area contributed by atoms with Crippen molar-refractivity contribution in [2.75, 3.05) is 31.2 Å². The fraction of sp³-hybridized carbons (Fsp3) is 0.333. The molecule has 1 aliphatic carbocycles. The van der Waals surface area contributed by atoms with Crippen LogP contribution in [0.25, 0.3) is 27.3 Å². The first-order chi connectivity index (χ1) is 20.6. The molecule has 0 spiro atoms. The Kier molecular flexibility index (Phi) is 7.80. The summed E-state index contributed by atoms with van der Waals surface area (Å²) in [5, 5.41) is 7.08. The standard InChI is InChI=1S/C33H34N6OS2/c1-38-16-18-41-29(21-38)25-11-13-27(14-12-25)36-32-35-20-26-19-28(31(40)39(30(26)37-32)33-34-15-17-42-33)24-9-7-23(8-10-24)22-5-3-2-4-6-22/h7-15,17,19-20,22,29H,2-6,16,18,21H2,1H3,(H,35,36,37). The van der Waals surface area contributed by atoms with Crippen LogP contribution >= 0.6 is 23.1 Å². The van der Waals surface area contributed by atoms with Crippen LogP contribution in [0.3, 0.4) is 0 Å². The second kappa shape index (κ2) is 12.0. The Morgan fingerprint density at radius 1 is 0.952 bits per heavy atom. The quantitative estimate of drug-likeness (QED) is 0.219. The van der Waals surface area contributed by atoms with E-state index in [1.807, 2.05) is 23.2 Å². The molecule has 2 aliphatic rings. The highest BCUT2D eigenvalue weighted by molar-refractivity contribution is 7.99. The SMILES string of the molecule is CN1CCSC(c2ccc(Nc3ncc4cc(-c5ccc(C6CCCCC6)cc5)c(=O)n(-c5nccs5)c4n3)cc2)C1. The predicted octanol–water partition coefficient (Wildman–Crippen LogP) is 7.42. The van der Waals surface area contributed by atoms with Gasteiger partial charge in [-0.3, -0.25) is 4.79 Å². The van der Waals surface area contributed by atoms with Crippen molar-refractivity contribution >= 4 is 45.8 Å². The summed E-state index contributed by atoms with van der Waals surface area (Å²) in [7, 11) is 2.18. The van der Waals surface area contributed by atoms with Crippen molar-refractivity contribution in [3.63, 3.8) is 0 Å². The number of anilines is 2. The second-order valence-electron chi connectivity index (χ2n) is 11.3. The molecule has 1 atom stereocenters. The number of pyridine rings is 1. The van der Waals surface area contributed by atoms with Crippen molar-refractivity contribution in [3.05, 3.63) is 93.9 Å². The third-order valence-electron chi connectivity index (χ3n) is 8.46. The van der Waals surface area contributed by atoms with Crippen molar-refractivity contribution in [1.29, 1.82) is 0 Å². The third-order valence-corrected chi connectivity index (χ3v) is 10.5. The average Bonchev–Trinajstić information content (AvgIpc) is 3.56. The van der Waals surface area contributed by atoms with Crippen molar-refractivity contribution in [1.82, 2.24) is 24.4 Å². The van der Waals surface area contributed by atoms with E-state index in [-0.39, 0.29) is 5.56 Å². The minimum atomic E-state index is -0.133. The van der Waals surface area contributed by atoms with Crippen LogP contribution < -0.4 is 10.9 Å². The normalized spacial score (nSPS) is 18.4. The zero-order valence-corrected chi connectivity index (χ0v) is 25.3. The topological polar surface area (TPSA) is 75.9 Å². The zero-order valence-electron chi connectivity index (χ0n) is 23.7. The molecular weight excluding hydrogens is 561 g/mol. The average molecular weight is 595 g/mol. The lowest BCUT2D eigenvalue weighted by molar-refractivity contribution is 0.347. The number of nitrogens with one attached hydrogen (secondary N) is 1. The van der Waals surface area contributed by atoms with Gasteiger partial charge in [0.15, 0.2) is 10.8 Å². The van der Waals surface area contributed by atoms with Gasteiger partial charge in [-0.05, 0) is 60.7 Å². The lowest BCUT2D eigenvalue weighted by Gasteiger charge is -2.29. The lowest BCUT2D eigenvalue weighted by atomic mass is 9.84. The molecule has 0 amide bonds. The summed E-state index contributed by atoms with van der Waals surface area (Å²) in [6, 6.07) is 19.0. The Bertz CT molecular complexity index is 1730. The number of aromatic nitrogens is 4. The summed E-state index contributed by atoms with van der Waals surface area (Å²) in [5.74, 6) is 2.22. The fourth-order valence-corrected chi connectivity index (χ4v) is 8.18. The number of hydrogen-bond acceptors (Lipinski definition) is 8. The largest absolute Gasteiger partial charge is 0.324 e. The van der Waals surface area contributed by atoms with Gasteiger partial charge >= 0.3 is 0 Å². The molecule has 9 heteroatoms. The lowest BCUT2D eigenvalue weighted by Crippen LogP contribution is -2.30. The number of fused-ring (bicyclic) bond motifs is 1. The molecule has 4 heterocycles. The van der Waals surface area contributed by atoms with Gasteiger partial charge in [0.2, 0.25) is 5.95 Å². The van der Waals surface area contributed by atoms with Gasteiger partial charge in [0, 0.05) is 58.5 Å². The van der Waals surface area contributed by atoms with Gasteiger partial charge in [0.1, 0.15) is 0 Å². The molecule has 3 aromatic heterocycles.